The Bertz CT molecular complexity index is 796. The minimum absolute atomic E-state index is 0.318. The lowest BCUT2D eigenvalue weighted by Gasteiger charge is -2.11. The maximum absolute atomic E-state index is 12.3. The summed E-state index contributed by atoms with van der Waals surface area (Å²) in [6.07, 6.45) is 3.09. The normalized spacial score (nSPS) is 10.5. The number of benzene rings is 2. The number of anilines is 1. The predicted octanol–water partition coefficient (Wildman–Crippen LogP) is 3.83. The first kappa shape index (κ1) is 18.3. The third-order valence-electron chi connectivity index (χ3n) is 3.56. The predicted molar refractivity (Wildman–Crippen MR) is 97.8 cm³/mol. The average Bonchev–Trinajstić information content (AvgIpc) is 2.62. The summed E-state index contributed by atoms with van der Waals surface area (Å²) >= 11 is 0. The summed E-state index contributed by atoms with van der Waals surface area (Å²) in [5, 5.41) is 2.75. The number of hydrogen-bond donors (Lipinski definition) is 1. The van der Waals surface area contributed by atoms with Crippen molar-refractivity contribution in [2.75, 3.05) is 19.0 Å². The molecule has 0 aliphatic rings. The Morgan fingerprint density at radius 3 is 2.60 bits per heavy atom. The molecule has 5 heteroatoms. The Balaban J connectivity index is 2.20. The number of aryl methyl sites for hydroxylation is 1. The second kappa shape index (κ2) is 8.68. The van der Waals surface area contributed by atoms with Crippen molar-refractivity contribution in [3.63, 3.8) is 0 Å². The van der Waals surface area contributed by atoms with Gasteiger partial charge in [-0.3, -0.25) is 4.79 Å². The molecule has 0 saturated carbocycles. The third-order valence-corrected chi connectivity index (χ3v) is 3.56. The highest BCUT2D eigenvalue weighted by Gasteiger charge is 2.14. The molecule has 0 aromatic heterocycles. The number of amides is 1. The zero-order chi connectivity index (χ0) is 18.2. The highest BCUT2D eigenvalue weighted by Crippen LogP contribution is 2.22. The number of ether oxygens (including phenoxy) is 2. The first-order chi connectivity index (χ1) is 12.1. The van der Waals surface area contributed by atoms with Crippen molar-refractivity contribution in [2.45, 2.75) is 13.8 Å². The molecule has 0 aliphatic heterocycles. The van der Waals surface area contributed by atoms with E-state index in [1.807, 2.05) is 44.2 Å². The molecule has 1 amide bonds. The first-order valence-electron chi connectivity index (χ1n) is 7.95. The maximum atomic E-state index is 12.3. The Morgan fingerprint density at radius 2 is 1.88 bits per heavy atom. The summed E-state index contributed by atoms with van der Waals surface area (Å²) in [5.41, 5.74) is 2.35. The van der Waals surface area contributed by atoms with E-state index in [2.05, 4.69) is 5.32 Å². The minimum Gasteiger partial charge on any atom is -0.493 e. The van der Waals surface area contributed by atoms with Gasteiger partial charge in [-0.15, -0.1) is 0 Å². The maximum Gasteiger partial charge on any atom is 0.339 e. The van der Waals surface area contributed by atoms with Crippen molar-refractivity contribution in [3.8, 4) is 5.75 Å². The molecule has 0 heterocycles. The van der Waals surface area contributed by atoms with Gasteiger partial charge in [0.2, 0.25) is 5.91 Å². The Hall–Kier alpha value is -3.08. The third kappa shape index (κ3) is 4.70. The Labute approximate surface area is 147 Å². The fourth-order valence-corrected chi connectivity index (χ4v) is 2.35. The van der Waals surface area contributed by atoms with Crippen LogP contribution in [0.5, 0.6) is 5.75 Å². The van der Waals surface area contributed by atoms with Crippen LogP contribution in [-0.2, 0) is 9.53 Å². The second-order valence-corrected chi connectivity index (χ2v) is 5.28. The quantitative estimate of drug-likeness (QED) is 0.642. The van der Waals surface area contributed by atoms with Crippen LogP contribution in [0, 0.1) is 6.92 Å². The van der Waals surface area contributed by atoms with Gasteiger partial charge in [0.15, 0.2) is 0 Å². The number of nitrogens with one attached hydrogen (secondary N) is 1. The van der Waals surface area contributed by atoms with Crippen LogP contribution in [0.4, 0.5) is 5.69 Å². The van der Waals surface area contributed by atoms with Crippen molar-refractivity contribution in [1.82, 2.24) is 0 Å². The number of hydrogen-bond acceptors (Lipinski definition) is 4. The SMILES string of the molecule is CCOc1ccccc1/C=C/C(=O)Nc1c(C)cccc1C(=O)OC. The van der Waals surface area contributed by atoms with Gasteiger partial charge in [0.1, 0.15) is 5.75 Å². The van der Waals surface area contributed by atoms with Crippen LogP contribution in [0.1, 0.15) is 28.4 Å². The molecule has 130 valence electrons. The van der Waals surface area contributed by atoms with Gasteiger partial charge >= 0.3 is 5.97 Å². The van der Waals surface area contributed by atoms with E-state index >= 15 is 0 Å². The van der Waals surface area contributed by atoms with Gasteiger partial charge in [-0.25, -0.2) is 4.79 Å². The van der Waals surface area contributed by atoms with E-state index in [1.165, 1.54) is 13.2 Å². The van der Waals surface area contributed by atoms with Crippen molar-refractivity contribution in [2.24, 2.45) is 0 Å². The van der Waals surface area contributed by atoms with E-state index in [0.29, 0.717) is 23.6 Å². The first-order valence-corrected chi connectivity index (χ1v) is 7.95. The van der Waals surface area contributed by atoms with Gasteiger partial charge in [0.05, 0.1) is 25.0 Å². The summed E-state index contributed by atoms with van der Waals surface area (Å²) in [5.74, 6) is -0.129. The van der Waals surface area contributed by atoms with Crippen LogP contribution in [0.3, 0.4) is 0 Å². The van der Waals surface area contributed by atoms with Gasteiger partial charge in [0.25, 0.3) is 0 Å². The van der Waals surface area contributed by atoms with E-state index in [4.69, 9.17) is 9.47 Å². The molecule has 2 aromatic carbocycles. The topological polar surface area (TPSA) is 64.6 Å². The zero-order valence-corrected chi connectivity index (χ0v) is 14.5. The molecule has 2 aromatic rings. The molecular weight excluding hydrogens is 318 g/mol. The number of methoxy groups -OCH3 is 1. The molecule has 0 atom stereocenters. The van der Waals surface area contributed by atoms with E-state index in [0.717, 1.165) is 11.1 Å². The van der Waals surface area contributed by atoms with Gasteiger partial charge < -0.3 is 14.8 Å². The molecule has 2 rings (SSSR count). The van der Waals surface area contributed by atoms with Crippen molar-refractivity contribution in [3.05, 3.63) is 65.2 Å². The molecule has 1 N–H and O–H groups in total. The molecule has 0 spiro atoms. The number of carbonyl (C=O) groups excluding carboxylic acids is 2. The van der Waals surface area contributed by atoms with Crippen LogP contribution in [0.15, 0.2) is 48.5 Å². The fourth-order valence-electron chi connectivity index (χ4n) is 2.35. The van der Waals surface area contributed by atoms with Crippen LogP contribution >= 0.6 is 0 Å². The van der Waals surface area contributed by atoms with Crippen LogP contribution < -0.4 is 10.1 Å². The average molecular weight is 339 g/mol. The standard InChI is InChI=1S/C20H21NO4/c1-4-25-17-11-6-5-9-15(17)12-13-18(22)21-19-14(2)8-7-10-16(19)20(23)24-3/h5-13H,4H2,1-3H3,(H,21,22)/b13-12+. The van der Waals surface area contributed by atoms with Gasteiger partial charge in [0, 0.05) is 11.6 Å². The molecule has 0 fully saturated rings. The summed E-state index contributed by atoms with van der Waals surface area (Å²) in [7, 11) is 1.31. The molecule has 0 unspecified atom stereocenters. The molecular formula is C20H21NO4. The molecule has 0 radical (unpaired) electrons. The monoisotopic (exact) mass is 339 g/mol. The van der Waals surface area contributed by atoms with Gasteiger partial charge in [-0.2, -0.15) is 0 Å². The largest absolute Gasteiger partial charge is 0.493 e. The lowest BCUT2D eigenvalue weighted by atomic mass is 10.1. The highest BCUT2D eigenvalue weighted by molar-refractivity contribution is 6.07. The van der Waals surface area contributed by atoms with Crippen molar-refractivity contribution < 1.29 is 19.1 Å². The Kier molecular flexibility index (Phi) is 6.34. The lowest BCUT2D eigenvalue weighted by Crippen LogP contribution is -2.14. The number of para-hydroxylation sites is 2. The molecule has 5 nitrogen and oxygen atoms in total. The molecule has 0 bridgehead atoms. The molecule has 25 heavy (non-hydrogen) atoms. The smallest absolute Gasteiger partial charge is 0.339 e. The summed E-state index contributed by atoms with van der Waals surface area (Å²) in [4.78, 5) is 24.1. The molecule has 0 saturated heterocycles. The van der Waals surface area contributed by atoms with E-state index in [9.17, 15) is 9.59 Å². The zero-order valence-electron chi connectivity index (χ0n) is 14.5. The highest BCUT2D eigenvalue weighted by atomic mass is 16.5. The van der Waals surface area contributed by atoms with Crippen molar-refractivity contribution >= 4 is 23.6 Å². The fraction of sp³-hybridized carbons (Fsp3) is 0.200. The number of esters is 1. The van der Waals surface area contributed by atoms with Gasteiger partial charge in [-0.05, 0) is 37.6 Å². The summed E-state index contributed by atoms with van der Waals surface area (Å²) < 4.78 is 10.3. The van der Waals surface area contributed by atoms with E-state index in [-0.39, 0.29) is 5.91 Å². The van der Waals surface area contributed by atoms with E-state index < -0.39 is 5.97 Å². The summed E-state index contributed by atoms with van der Waals surface area (Å²) in [6.45, 7) is 4.26. The van der Waals surface area contributed by atoms with Gasteiger partial charge in [-0.1, -0.05) is 30.3 Å². The minimum atomic E-state index is -0.496. The van der Waals surface area contributed by atoms with E-state index in [1.54, 1.807) is 18.2 Å². The summed E-state index contributed by atoms with van der Waals surface area (Å²) in [6, 6.07) is 12.6. The second-order valence-electron chi connectivity index (χ2n) is 5.28. The van der Waals surface area contributed by atoms with Crippen molar-refractivity contribution in [1.29, 1.82) is 0 Å². The lowest BCUT2D eigenvalue weighted by molar-refractivity contribution is -0.111. The van der Waals surface area contributed by atoms with Crippen LogP contribution in [0.25, 0.3) is 6.08 Å². The Morgan fingerprint density at radius 1 is 1.12 bits per heavy atom. The number of rotatable bonds is 6. The number of carbonyl (C=O) groups is 2. The molecule has 0 aliphatic carbocycles. The van der Waals surface area contributed by atoms with Crippen LogP contribution in [-0.4, -0.2) is 25.6 Å². The van der Waals surface area contributed by atoms with Crippen LogP contribution in [0.2, 0.25) is 0 Å².